The third kappa shape index (κ3) is 4.17. The molecule has 3 aromatic carbocycles. The highest BCUT2D eigenvalue weighted by molar-refractivity contribution is 9.10. The molecule has 4 rings (SSSR count). The smallest absolute Gasteiger partial charge is 0.0652 e. The molecule has 0 fully saturated rings. The molecule has 0 aliphatic rings. The van der Waals surface area contributed by atoms with Crippen molar-refractivity contribution in [1.82, 2.24) is 4.57 Å². The van der Waals surface area contributed by atoms with Gasteiger partial charge in [-0.1, -0.05) is 52.3 Å². The van der Waals surface area contributed by atoms with E-state index in [-0.39, 0.29) is 0 Å². The summed E-state index contributed by atoms with van der Waals surface area (Å²) in [5.74, 6) is 0. The van der Waals surface area contributed by atoms with Crippen molar-refractivity contribution in [2.75, 3.05) is 5.01 Å². The van der Waals surface area contributed by atoms with Crippen LogP contribution in [0.4, 0.5) is 11.4 Å². The van der Waals surface area contributed by atoms with Gasteiger partial charge in [-0.25, -0.2) is 5.01 Å². The maximum Gasteiger partial charge on any atom is 0.0652 e. The normalized spacial score (nSPS) is 11.1. The van der Waals surface area contributed by atoms with Crippen LogP contribution < -0.4 is 5.01 Å². The molecule has 1 aromatic heterocycles. The molecule has 4 heteroatoms. The molecule has 3 nitrogen and oxygen atoms in total. The number of halogens is 1. The first-order chi connectivity index (χ1) is 14.1. The molecule has 0 aliphatic heterocycles. The standard InChI is InChI=1S/C25H22BrN3/c1-19-17-21(20(2)28(19)23-15-13-22(26)14-16-23)18-27-29(24-9-5-3-6-10-24)25-11-7-4-8-12-25/h3-18H,1-2H3/b27-18-. The molecular weight excluding hydrogens is 422 g/mol. The van der Waals surface area contributed by atoms with Crippen molar-refractivity contribution in [1.29, 1.82) is 0 Å². The van der Waals surface area contributed by atoms with Crippen LogP contribution in [0.2, 0.25) is 0 Å². The average molecular weight is 444 g/mol. The quantitative estimate of drug-likeness (QED) is 0.239. The molecule has 29 heavy (non-hydrogen) atoms. The van der Waals surface area contributed by atoms with E-state index in [9.17, 15) is 0 Å². The Morgan fingerprint density at radius 2 is 1.34 bits per heavy atom. The molecule has 144 valence electrons. The van der Waals surface area contributed by atoms with Gasteiger partial charge in [0.25, 0.3) is 0 Å². The Labute approximate surface area is 180 Å². The van der Waals surface area contributed by atoms with E-state index < -0.39 is 0 Å². The van der Waals surface area contributed by atoms with Gasteiger partial charge in [0.15, 0.2) is 0 Å². The number of aryl methyl sites for hydroxylation is 1. The van der Waals surface area contributed by atoms with E-state index in [0.717, 1.165) is 32.8 Å². The summed E-state index contributed by atoms with van der Waals surface area (Å²) in [5.41, 5.74) is 6.63. The highest BCUT2D eigenvalue weighted by Gasteiger charge is 2.11. The van der Waals surface area contributed by atoms with E-state index in [1.165, 1.54) is 5.69 Å². The molecular formula is C25H22BrN3. The fourth-order valence-corrected chi connectivity index (χ4v) is 3.71. The summed E-state index contributed by atoms with van der Waals surface area (Å²) in [6.07, 6.45) is 1.94. The second-order valence-corrected chi connectivity index (χ2v) is 7.78. The molecule has 0 atom stereocenters. The molecule has 0 spiro atoms. The van der Waals surface area contributed by atoms with Gasteiger partial charge in [-0.2, -0.15) is 5.10 Å². The number of benzene rings is 3. The van der Waals surface area contributed by atoms with Crippen LogP contribution in [-0.2, 0) is 0 Å². The highest BCUT2D eigenvalue weighted by atomic mass is 79.9. The molecule has 0 unspecified atom stereocenters. The van der Waals surface area contributed by atoms with Crippen molar-refractivity contribution >= 4 is 33.5 Å². The molecule has 0 amide bonds. The molecule has 0 saturated heterocycles. The topological polar surface area (TPSA) is 20.5 Å². The third-order valence-electron chi connectivity index (χ3n) is 4.87. The summed E-state index contributed by atoms with van der Waals surface area (Å²) in [5, 5.41) is 6.81. The van der Waals surface area contributed by atoms with Crippen LogP contribution in [0.25, 0.3) is 5.69 Å². The lowest BCUT2D eigenvalue weighted by Gasteiger charge is -2.19. The molecule has 0 radical (unpaired) electrons. The zero-order valence-electron chi connectivity index (χ0n) is 16.5. The Bertz CT molecular complexity index is 1070. The lowest BCUT2D eigenvalue weighted by Crippen LogP contribution is -2.09. The number of hydrogen-bond donors (Lipinski definition) is 0. The third-order valence-corrected chi connectivity index (χ3v) is 5.40. The van der Waals surface area contributed by atoms with E-state index in [0.29, 0.717) is 0 Å². The van der Waals surface area contributed by atoms with Crippen LogP contribution in [0.5, 0.6) is 0 Å². The van der Waals surface area contributed by atoms with Crippen molar-refractivity contribution in [2.24, 2.45) is 5.10 Å². The average Bonchev–Trinajstić information content (AvgIpc) is 3.04. The van der Waals surface area contributed by atoms with Crippen LogP contribution in [0.1, 0.15) is 17.0 Å². The molecule has 0 bridgehead atoms. The van der Waals surface area contributed by atoms with Gasteiger partial charge in [0.1, 0.15) is 0 Å². The molecule has 1 heterocycles. The summed E-state index contributed by atoms with van der Waals surface area (Å²) >= 11 is 3.51. The molecule has 4 aromatic rings. The van der Waals surface area contributed by atoms with Crippen LogP contribution in [-0.4, -0.2) is 10.8 Å². The lowest BCUT2D eigenvalue weighted by atomic mass is 10.2. The van der Waals surface area contributed by atoms with E-state index in [1.807, 2.05) is 47.6 Å². The highest BCUT2D eigenvalue weighted by Crippen LogP contribution is 2.26. The summed E-state index contributed by atoms with van der Waals surface area (Å²) < 4.78 is 3.33. The van der Waals surface area contributed by atoms with Crippen LogP contribution in [0, 0.1) is 13.8 Å². The first-order valence-electron chi connectivity index (χ1n) is 9.52. The second kappa shape index (κ2) is 8.50. The minimum Gasteiger partial charge on any atom is -0.318 e. The van der Waals surface area contributed by atoms with Gasteiger partial charge >= 0.3 is 0 Å². The lowest BCUT2D eigenvalue weighted by molar-refractivity contribution is 0.964. The van der Waals surface area contributed by atoms with Gasteiger partial charge < -0.3 is 4.57 Å². The van der Waals surface area contributed by atoms with Crippen LogP contribution in [0.15, 0.2) is 101 Å². The zero-order chi connectivity index (χ0) is 20.2. The van der Waals surface area contributed by atoms with Crippen molar-refractivity contribution in [2.45, 2.75) is 13.8 Å². The van der Waals surface area contributed by atoms with Gasteiger partial charge in [0.2, 0.25) is 0 Å². The second-order valence-electron chi connectivity index (χ2n) is 6.87. The summed E-state index contributed by atoms with van der Waals surface area (Å²) in [6, 6.07) is 30.9. The Morgan fingerprint density at radius 1 is 0.793 bits per heavy atom. The van der Waals surface area contributed by atoms with Gasteiger partial charge in [-0.3, -0.25) is 0 Å². The number of rotatable bonds is 5. The monoisotopic (exact) mass is 443 g/mol. The van der Waals surface area contributed by atoms with E-state index in [4.69, 9.17) is 5.10 Å². The van der Waals surface area contributed by atoms with Crippen molar-refractivity contribution in [3.63, 3.8) is 0 Å². The number of para-hydroxylation sites is 2. The Morgan fingerprint density at radius 3 is 1.90 bits per heavy atom. The summed E-state index contributed by atoms with van der Waals surface area (Å²) in [4.78, 5) is 0. The van der Waals surface area contributed by atoms with Gasteiger partial charge in [-0.15, -0.1) is 0 Å². The summed E-state index contributed by atoms with van der Waals surface area (Å²) in [6.45, 7) is 4.25. The minimum atomic E-state index is 1.02. The Balaban J connectivity index is 1.72. The van der Waals surface area contributed by atoms with Crippen molar-refractivity contribution < 1.29 is 0 Å². The van der Waals surface area contributed by atoms with Crippen molar-refractivity contribution in [3.8, 4) is 5.69 Å². The molecule has 0 aliphatic carbocycles. The number of aromatic nitrogens is 1. The first-order valence-corrected chi connectivity index (χ1v) is 10.3. The molecule has 0 saturated carbocycles. The maximum atomic E-state index is 4.85. The van der Waals surface area contributed by atoms with Crippen molar-refractivity contribution in [3.05, 3.63) is 112 Å². The Hall–Kier alpha value is -3.11. The molecule has 0 N–H and O–H groups in total. The van der Waals surface area contributed by atoms with Gasteiger partial charge in [-0.05, 0) is 68.4 Å². The van der Waals surface area contributed by atoms with Crippen LogP contribution in [0.3, 0.4) is 0 Å². The van der Waals surface area contributed by atoms with E-state index in [1.54, 1.807) is 0 Å². The zero-order valence-corrected chi connectivity index (χ0v) is 18.0. The largest absolute Gasteiger partial charge is 0.318 e. The number of anilines is 2. The Kier molecular flexibility index (Phi) is 5.63. The SMILES string of the molecule is Cc1cc(/C=N\N(c2ccccc2)c2ccccc2)c(C)n1-c1ccc(Br)cc1. The van der Waals surface area contributed by atoms with Gasteiger partial charge in [0.05, 0.1) is 17.6 Å². The fourth-order valence-electron chi connectivity index (χ4n) is 3.45. The number of hydrazone groups is 1. The predicted octanol–water partition coefficient (Wildman–Crippen LogP) is 7.03. The maximum absolute atomic E-state index is 4.85. The van der Waals surface area contributed by atoms with E-state index in [2.05, 4.69) is 88.9 Å². The predicted molar refractivity (Wildman–Crippen MR) is 126 cm³/mol. The fraction of sp³-hybridized carbons (Fsp3) is 0.0800. The first kappa shape index (κ1) is 19.2. The number of nitrogens with zero attached hydrogens (tertiary/aromatic N) is 3. The van der Waals surface area contributed by atoms with Gasteiger partial charge in [0, 0.05) is 27.1 Å². The minimum absolute atomic E-state index is 1.02. The van der Waals surface area contributed by atoms with E-state index >= 15 is 0 Å². The summed E-state index contributed by atoms with van der Waals surface area (Å²) in [7, 11) is 0. The number of hydrogen-bond acceptors (Lipinski definition) is 2. The van der Waals surface area contributed by atoms with Crippen LogP contribution >= 0.6 is 15.9 Å².